The van der Waals surface area contributed by atoms with Gasteiger partial charge < -0.3 is 4.74 Å². The second-order valence-corrected chi connectivity index (χ2v) is 7.57. The number of hydrogen-bond donors (Lipinski definition) is 1. The van der Waals surface area contributed by atoms with Gasteiger partial charge in [-0.15, -0.1) is 12.6 Å². The molecule has 0 aliphatic rings. The van der Waals surface area contributed by atoms with Crippen LogP contribution in [0.15, 0.2) is 118 Å². The average molecular weight is 387 g/mol. The van der Waals surface area contributed by atoms with Crippen LogP contribution in [0.5, 0.6) is 11.5 Å². The molecule has 0 amide bonds. The normalized spacial score (nSPS) is 10.6. The van der Waals surface area contributed by atoms with Crippen LogP contribution in [0.2, 0.25) is 0 Å². The highest BCUT2D eigenvalue weighted by atomic mass is 32.2. The molecular formula is C24H18OS2. The van der Waals surface area contributed by atoms with Gasteiger partial charge >= 0.3 is 0 Å². The van der Waals surface area contributed by atoms with E-state index in [4.69, 9.17) is 17.4 Å². The van der Waals surface area contributed by atoms with E-state index >= 15 is 0 Å². The van der Waals surface area contributed by atoms with E-state index in [0.29, 0.717) is 0 Å². The highest BCUT2D eigenvalue weighted by Crippen LogP contribution is 2.39. The van der Waals surface area contributed by atoms with Crippen LogP contribution in [-0.2, 0) is 0 Å². The zero-order valence-electron chi connectivity index (χ0n) is 14.6. The van der Waals surface area contributed by atoms with E-state index in [1.807, 2.05) is 60.7 Å². The van der Waals surface area contributed by atoms with Crippen molar-refractivity contribution < 1.29 is 4.74 Å². The molecule has 0 saturated carbocycles. The Hall–Kier alpha value is -2.62. The average Bonchev–Trinajstić information content (AvgIpc) is 2.71. The molecule has 0 aliphatic heterocycles. The Kier molecular flexibility index (Phi) is 5.52. The van der Waals surface area contributed by atoms with Crippen molar-refractivity contribution in [1.29, 1.82) is 0 Å². The molecule has 0 aliphatic carbocycles. The summed E-state index contributed by atoms with van der Waals surface area (Å²) < 4.78 is 5.95. The molecule has 0 heterocycles. The van der Waals surface area contributed by atoms with Crippen molar-refractivity contribution in [1.82, 2.24) is 0 Å². The minimum atomic E-state index is 0.825. The number of hydrogen-bond acceptors (Lipinski definition) is 3. The van der Waals surface area contributed by atoms with Crippen molar-refractivity contribution in [2.45, 2.75) is 14.7 Å². The second kappa shape index (κ2) is 8.38. The Labute approximate surface area is 169 Å². The predicted octanol–water partition coefficient (Wildman–Crippen LogP) is 7.59. The summed E-state index contributed by atoms with van der Waals surface area (Å²) in [6, 6.07) is 34.6. The van der Waals surface area contributed by atoms with Gasteiger partial charge in [-0.3, -0.25) is 0 Å². The van der Waals surface area contributed by atoms with Gasteiger partial charge in [-0.2, -0.15) is 0 Å². The van der Waals surface area contributed by atoms with Crippen LogP contribution < -0.4 is 4.74 Å². The highest BCUT2D eigenvalue weighted by Gasteiger charge is 2.09. The number of ether oxygens (including phenoxy) is 1. The summed E-state index contributed by atoms with van der Waals surface area (Å²) in [5.74, 6) is 1.66. The maximum Gasteiger partial charge on any atom is 0.128 e. The van der Waals surface area contributed by atoms with E-state index in [2.05, 4.69) is 42.5 Å². The van der Waals surface area contributed by atoms with Crippen LogP contribution in [0, 0.1) is 0 Å². The fourth-order valence-corrected chi connectivity index (χ4v) is 4.15. The first-order valence-corrected chi connectivity index (χ1v) is 9.94. The van der Waals surface area contributed by atoms with Crippen molar-refractivity contribution in [2.75, 3.05) is 0 Å². The Morgan fingerprint density at radius 2 is 1.30 bits per heavy atom. The molecule has 0 unspecified atom stereocenters. The standard InChI is InChI=1S/C24H18OS2/c26-24-22(18-9-3-1-4-10-18)15-8-16-23(24)27-21-14-7-13-20(17-21)25-19-11-5-2-6-12-19/h1-17,26H. The van der Waals surface area contributed by atoms with E-state index < -0.39 is 0 Å². The van der Waals surface area contributed by atoms with Gasteiger partial charge in [0.1, 0.15) is 11.5 Å². The SMILES string of the molecule is Sc1c(Sc2cccc(Oc3ccccc3)c2)cccc1-c1ccccc1. The van der Waals surface area contributed by atoms with Gasteiger partial charge in [-0.1, -0.05) is 78.5 Å². The Morgan fingerprint density at radius 1 is 0.630 bits per heavy atom. The summed E-state index contributed by atoms with van der Waals surface area (Å²) in [6.45, 7) is 0. The Balaban J connectivity index is 1.59. The second-order valence-electron chi connectivity index (χ2n) is 6.01. The fraction of sp³-hybridized carbons (Fsp3) is 0. The largest absolute Gasteiger partial charge is 0.457 e. The van der Waals surface area contributed by atoms with Crippen molar-refractivity contribution in [3.8, 4) is 22.6 Å². The summed E-state index contributed by atoms with van der Waals surface area (Å²) >= 11 is 6.50. The number of para-hydroxylation sites is 1. The molecule has 0 aromatic heterocycles. The van der Waals surface area contributed by atoms with Crippen LogP contribution in [-0.4, -0.2) is 0 Å². The van der Waals surface area contributed by atoms with Gasteiger partial charge in [0.15, 0.2) is 0 Å². The van der Waals surface area contributed by atoms with Crippen LogP contribution in [0.1, 0.15) is 0 Å². The Morgan fingerprint density at radius 3 is 2.07 bits per heavy atom. The van der Waals surface area contributed by atoms with Gasteiger partial charge in [0.2, 0.25) is 0 Å². The van der Waals surface area contributed by atoms with Gasteiger partial charge in [-0.25, -0.2) is 0 Å². The topological polar surface area (TPSA) is 9.23 Å². The molecule has 0 spiro atoms. The molecule has 27 heavy (non-hydrogen) atoms. The number of rotatable bonds is 5. The molecule has 4 aromatic rings. The molecule has 0 N–H and O–H groups in total. The molecule has 4 aromatic carbocycles. The van der Waals surface area contributed by atoms with E-state index in [-0.39, 0.29) is 0 Å². The van der Waals surface area contributed by atoms with Crippen LogP contribution in [0.3, 0.4) is 0 Å². The highest BCUT2D eigenvalue weighted by molar-refractivity contribution is 7.99. The van der Waals surface area contributed by atoms with Gasteiger partial charge in [-0.05, 0) is 47.5 Å². The van der Waals surface area contributed by atoms with Gasteiger partial charge in [0, 0.05) is 14.7 Å². The maximum atomic E-state index is 5.95. The Bertz CT molecular complexity index is 1030. The van der Waals surface area contributed by atoms with E-state index in [1.165, 1.54) is 5.56 Å². The molecular weight excluding hydrogens is 368 g/mol. The lowest BCUT2D eigenvalue weighted by Crippen LogP contribution is -1.85. The molecule has 3 heteroatoms. The molecule has 0 saturated heterocycles. The van der Waals surface area contributed by atoms with Gasteiger partial charge in [0.05, 0.1) is 0 Å². The zero-order valence-corrected chi connectivity index (χ0v) is 16.3. The van der Waals surface area contributed by atoms with E-state index in [0.717, 1.165) is 31.7 Å². The molecule has 0 atom stereocenters. The predicted molar refractivity (Wildman–Crippen MR) is 116 cm³/mol. The lowest BCUT2D eigenvalue weighted by molar-refractivity contribution is 0.481. The van der Waals surface area contributed by atoms with Crippen LogP contribution in [0.25, 0.3) is 11.1 Å². The monoisotopic (exact) mass is 386 g/mol. The molecule has 4 rings (SSSR count). The summed E-state index contributed by atoms with van der Waals surface area (Å²) in [7, 11) is 0. The van der Waals surface area contributed by atoms with Crippen molar-refractivity contribution >= 4 is 24.4 Å². The summed E-state index contributed by atoms with van der Waals surface area (Å²) in [5, 5.41) is 0. The first-order chi connectivity index (χ1) is 13.3. The lowest BCUT2D eigenvalue weighted by Gasteiger charge is -2.11. The lowest BCUT2D eigenvalue weighted by atomic mass is 10.1. The molecule has 1 nitrogen and oxygen atoms in total. The quantitative estimate of drug-likeness (QED) is 0.354. The summed E-state index contributed by atoms with van der Waals surface area (Å²) in [5.41, 5.74) is 2.31. The summed E-state index contributed by atoms with van der Waals surface area (Å²) in [4.78, 5) is 3.23. The first kappa shape index (κ1) is 17.8. The van der Waals surface area contributed by atoms with E-state index in [9.17, 15) is 0 Å². The smallest absolute Gasteiger partial charge is 0.128 e. The minimum absolute atomic E-state index is 0.825. The van der Waals surface area contributed by atoms with Gasteiger partial charge in [0.25, 0.3) is 0 Å². The third-order valence-corrected chi connectivity index (χ3v) is 5.78. The summed E-state index contributed by atoms with van der Waals surface area (Å²) in [6.07, 6.45) is 0. The maximum absolute atomic E-state index is 5.95. The minimum Gasteiger partial charge on any atom is -0.457 e. The third kappa shape index (κ3) is 4.38. The first-order valence-electron chi connectivity index (χ1n) is 8.68. The molecule has 0 bridgehead atoms. The van der Waals surface area contributed by atoms with Crippen LogP contribution >= 0.6 is 24.4 Å². The van der Waals surface area contributed by atoms with Crippen molar-refractivity contribution in [2.24, 2.45) is 0 Å². The fourth-order valence-electron chi connectivity index (χ4n) is 2.81. The zero-order chi connectivity index (χ0) is 18.5. The third-order valence-electron chi connectivity index (χ3n) is 4.10. The number of thiol groups is 1. The molecule has 0 radical (unpaired) electrons. The van der Waals surface area contributed by atoms with E-state index in [1.54, 1.807) is 11.8 Å². The van der Waals surface area contributed by atoms with Crippen molar-refractivity contribution in [3.05, 3.63) is 103 Å². The molecule has 132 valence electrons. The molecule has 0 fully saturated rings. The number of benzene rings is 4. The van der Waals surface area contributed by atoms with Crippen LogP contribution in [0.4, 0.5) is 0 Å². The van der Waals surface area contributed by atoms with Crippen molar-refractivity contribution in [3.63, 3.8) is 0 Å².